The average molecular weight is 201 g/mol. The van der Waals surface area contributed by atoms with Gasteiger partial charge < -0.3 is 10.0 Å². The number of aliphatic carboxylic acids is 1. The van der Waals surface area contributed by atoms with Crippen LogP contribution in [0.1, 0.15) is 46.0 Å². The number of carboxylic acids is 1. The van der Waals surface area contributed by atoms with E-state index >= 15 is 0 Å². The van der Waals surface area contributed by atoms with Crippen LogP contribution in [-0.4, -0.2) is 35.6 Å². The van der Waals surface area contributed by atoms with E-state index in [-0.39, 0.29) is 0 Å². The number of carbonyl (C=O) groups is 1. The van der Waals surface area contributed by atoms with Gasteiger partial charge in [-0.05, 0) is 38.9 Å². The predicted octanol–water partition coefficient (Wildman–Crippen LogP) is 2.36. The summed E-state index contributed by atoms with van der Waals surface area (Å²) in [5.74, 6) is -0.675. The molecule has 3 nitrogen and oxygen atoms in total. The second-order valence-electron chi connectivity index (χ2n) is 3.64. The standard InChI is InChI=1S/C11H23NO2/c1-3-9-12(4-2)10-7-5-6-8-11(13)14/h3-10H2,1-2H3,(H,13,14). The summed E-state index contributed by atoms with van der Waals surface area (Å²) in [5, 5.41) is 8.44. The summed E-state index contributed by atoms with van der Waals surface area (Å²) < 4.78 is 0. The normalized spacial score (nSPS) is 10.8. The number of nitrogens with zero attached hydrogens (tertiary/aromatic N) is 1. The van der Waals surface area contributed by atoms with E-state index < -0.39 is 5.97 Å². The Hall–Kier alpha value is -0.570. The third-order valence-electron chi connectivity index (χ3n) is 2.35. The molecule has 0 radical (unpaired) electrons. The van der Waals surface area contributed by atoms with Crippen molar-refractivity contribution in [1.82, 2.24) is 4.90 Å². The SMILES string of the molecule is CCCN(CC)CCCCCC(=O)O. The first kappa shape index (κ1) is 13.4. The smallest absolute Gasteiger partial charge is 0.303 e. The molecule has 0 spiro atoms. The average Bonchev–Trinajstić information content (AvgIpc) is 2.15. The highest BCUT2D eigenvalue weighted by Crippen LogP contribution is 2.02. The Labute approximate surface area is 87.1 Å². The number of unbranched alkanes of at least 4 members (excludes halogenated alkanes) is 2. The molecule has 0 heterocycles. The minimum absolute atomic E-state index is 0.319. The quantitative estimate of drug-likeness (QED) is 0.582. The lowest BCUT2D eigenvalue weighted by Crippen LogP contribution is -2.25. The van der Waals surface area contributed by atoms with Gasteiger partial charge in [0.25, 0.3) is 0 Å². The van der Waals surface area contributed by atoms with Crippen molar-refractivity contribution in [3.05, 3.63) is 0 Å². The summed E-state index contributed by atoms with van der Waals surface area (Å²) in [7, 11) is 0. The van der Waals surface area contributed by atoms with Crippen LogP contribution in [0.3, 0.4) is 0 Å². The molecule has 0 fully saturated rings. The number of hydrogen-bond donors (Lipinski definition) is 1. The van der Waals surface area contributed by atoms with E-state index in [1.54, 1.807) is 0 Å². The fraction of sp³-hybridized carbons (Fsp3) is 0.909. The molecule has 0 unspecified atom stereocenters. The summed E-state index contributed by atoms with van der Waals surface area (Å²) in [6.45, 7) is 7.74. The molecule has 0 bridgehead atoms. The fourth-order valence-electron chi connectivity index (χ4n) is 1.53. The zero-order valence-electron chi connectivity index (χ0n) is 9.46. The van der Waals surface area contributed by atoms with Crippen molar-refractivity contribution in [3.8, 4) is 0 Å². The summed E-state index contributed by atoms with van der Waals surface area (Å²) in [4.78, 5) is 12.7. The molecule has 3 heteroatoms. The molecule has 1 N–H and O–H groups in total. The van der Waals surface area contributed by atoms with Gasteiger partial charge >= 0.3 is 5.97 Å². The van der Waals surface area contributed by atoms with Gasteiger partial charge in [-0.3, -0.25) is 4.79 Å². The third kappa shape index (κ3) is 8.05. The van der Waals surface area contributed by atoms with Gasteiger partial charge in [0.15, 0.2) is 0 Å². The third-order valence-corrected chi connectivity index (χ3v) is 2.35. The van der Waals surface area contributed by atoms with E-state index in [2.05, 4.69) is 18.7 Å². The first-order valence-electron chi connectivity index (χ1n) is 5.64. The van der Waals surface area contributed by atoms with Crippen molar-refractivity contribution in [3.63, 3.8) is 0 Å². The largest absolute Gasteiger partial charge is 0.481 e. The fourth-order valence-corrected chi connectivity index (χ4v) is 1.53. The highest BCUT2D eigenvalue weighted by Gasteiger charge is 2.01. The molecule has 0 aromatic rings. The van der Waals surface area contributed by atoms with E-state index in [1.165, 1.54) is 6.42 Å². The van der Waals surface area contributed by atoms with Crippen LogP contribution in [0.5, 0.6) is 0 Å². The minimum atomic E-state index is -0.675. The molecule has 0 saturated heterocycles. The van der Waals surface area contributed by atoms with Crippen molar-refractivity contribution >= 4 is 5.97 Å². The van der Waals surface area contributed by atoms with Crippen molar-refractivity contribution in [2.45, 2.75) is 46.0 Å². The van der Waals surface area contributed by atoms with Crippen molar-refractivity contribution in [2.24, 2.45) is 0 Å². The molecule has 0 aliphatic carbocycles. The van der Waals surface area contributed by atoms with Gasteiger partial charge in [-0.2, -0.15) is 0 Å². The van der Waals surface area contributed by atoms with Crippen LogP contribution in [0, 0.1) is 0 Å². The highest BCUT2D eigenvalue weighted by atomic mass is 16.4. The second-order valence-corrected chi connectivity index (χ2v) is 3.64. The lowest BCUT2D eigenvalue weighted by molar-refractivity contribution is -0.137. The maximum absolute atomic E-state index is 10.2. The van der Waals surface area contributed by atoms with Crippen LogP contribution < -0.4 is 0 Å². The molecule has 0 aliphatic heterocycles. The van der Waals surface area contributed by atoms with Crippen LogP contribution in [0.25, 0.3) is 0 Å². The molecule has 0 rings (SSSR count). The topological polar surface area (TPSA) is 40.5 Å². The second kappa shape index (κ2) is 9.00. The molecule has 0 atom stereocenters. The van der Waals surface area contributed by atoms with Gasteiger partial charge in [0, 0.05) is 6.42 Å². The number of hydrogen-bond acceptors (Lipinski definition) is 2. The molecular weight excluding hydrogens is 178 g/mol. The zero-order valence-corrected chi connectivity index (χ0v) is 9.46. The van der Waals surface area contributed by atoms with Crippen molar-refractivity contribution < 1.29 is 9.90 Å². The molecule has 0 aromatic carbocycles. The van der Waals surface area contributed by atoms with Gasteiger partial charge in [0.2, 0.25) is 0 Å². The van der Waals surface area contributed by atoms with E-state index in [0.717, 1.165) is 38.9 Å². The Bertz CT molecular complexity index is 148. The Morgan fingerprint density at radius 2 is 1.86 bits per heavy atom. The predicted molar refractivity (Wildman–Crippen MR) is 58.5 cm³/mol. The van der Waals surface area contributed by atoms with Gasteiger partial charge in [-0.25, -0.2) is 0 Å². The van der Waals surface area contributed by atoms with Crippen LogP contribution in [-0.2, 0) is 4.79 Å². The lowest BCUT2D eigenvalue weighted by atomic mass is 10.2. The van der Waals surface area contributed by atoms with E-state index in [0.29, 0.717) is 6.42 Å². The van der Waals surface area contributed by atoms with E-state index in [1.807, 2.05) is 0 Å². The molecule has 0 aliphatic rings. The summed E-state index contributed by atoms with van der Waals surface area (Å²) in [5.41, 5.74) is 0. The molecule has 0 saturated carbocycles. The van der Waals surface area contributed by atoms with E-state index in [9.17, 15) is 4.79 Å². The molecule has 0 aromatic heterocycles. The highest BCUT2D eigenvalue weighted by molar-refractivity contribution is 5.66. The number of rotatable bonds is 9. The summed E-state index contributed by atoms with van der Waals surface area (Å²) >= 11 is 0. The first-order valence-corrected chi connectivity index (χ1v) is 5.64. The van der Waals surface area contributed by atoms with Crippen molar-refractivity contribution in [2.75, 3.05) is 19.6 Å². The Morgan fingerprint density at radius 3 is 2.36 bits per heavy atom. The Morgan fingerprint density at radius 1 is 1.14 bits per heavy atom. The monoisotopic (exact) mass is 201 g/mol. The van der Waals surface area contributed by atoms with Gasteiger partial charge in [0.1, 0.15) is 0 Å². The molecule has 14 heavy (non-hydrogen) atoms. The minimum Gasteiger partial charge on any atom is -0.481 e. The van der Waals surface area contributed by atoms with Crippen LogP contribution in [0.2, 0.25) is 0 Å². The first-order chi connectivity index (χ1) is 6.70. The van der Waals surface area contributed by atoms with Gasteiger partial charge in [0.05, 0.1) is 0 Å². The Balaban J connectivity index is 3.28. The van der Waals surface area contributed by atoms with Gasteiger partial charge in [-0.15, -0.1) is 0 Å². The summed E-state index contributed by atoms with van der Waals surface area (Å²) in [6, 6.07) is 0. The van der Waals surface area contributed by atoms with Crippen LogP contribution >= 0.6 is 0 Å². The summed E-state index contributed by atoms with van der Waals surface area (Å²) in [6.07, 6.45) is 4.50. The van der Waals surface area contributed by atoms with Crippen molar-refractivity contribution in [1.29, 1.82) is 0 Å². The van der Waals surface area contributed by atoms with Gasteiger partial charge in [-0.1, -0.05) is 20.3 Å². The molecule has 84 valence electrons. The number of carboxylic acid groups (broad SMARTS) is 1. The Kier molecular flexibility index (Phi) is 8.64. The van der Waals surface area contributed by atoms with Crippen LogP contribution in [0.4, 0.5) is 0 Å². The maximum Gasteiger partial charge on any atom is 0.303 e. The maximum atomic E-state index is 10.2. The molecule has 0 amide bonds. The zero-order chi connectivity index (χ0) is 10.8. The van der Waals surface area contributed by atoms with Crippen LogP contribution in [0.15, 0.2) is 0 Å². The van der Waals surface area contributed by atoms with E-state index in [4.69, 9.17) is 5.11 Å². The lowest BCUT2D eigenvalue weighted by Gasteiger charge is -2.18. The molecular formula is C11H23NO2.